The summed E-state index contributed by atoms with van der Waals surface area (Å²) in [4.78, 5) is 0. The summed E-state index contributed by atoms with van der Waals surface area (Å²) in [6.45, 7) is 11.7. The fraction of sp³-hybridized carbons (Fsp3) is 1.00. The second-order valence-corrected chi connectivity index (χ2v) is 4.47. The first kappa shape index (κ1) is 13.9. The van der Waals surface area contributed by atoms with Crippen LogP contribution in [0, 0.1) is 5.92 Å². The lowest BCUT2D eigenvalue weighted by Gasteiger charge is -2.13. The minimum atomic E-state index is 0.494. The van der Waals surface area contributed by atoms with Crippen LogP contribution >= 0.6 is 0 Å². The van der Waals surface area contributed by atoms with Gasteiger partial charge < -0.3 is 10.1 Å². The third-order valence-corrected chi connectivity index (χ3v) is 2.18. The molecule has 0 bridgehead atoms. The fourth-order valence-corrected chi connectivity index (χ4v) is 1.30. The van der Waals surface area contributed by atoms with E-state index in [1.165, 1.54) is 19.3 Å². The highest BCUT2D eigenvalue weighted by Crippen LogP contribution is 2.03. The van der Waals surface area contributed by atoms with Crippen molar-refractivity contribution < 1.29 is 4.74 Å². The van der Waals surface area contributed by atoms with Gasteiger partial charge in [0.2, 0.25) is 0 Å². The van der Waals surface area contributed by atoms with Crippen LogP contribution in [-0.2, 0) is 4.74 Å². The third-order valence-electron chi connectivity index (χ3n) is 2.18. The van der Waals surface area contributed by atoms with Crippen molar-refractivity contribution in [1.82, 2.24) is 5.32 Å². The van der Waals surface area contributed by atoms with Crippen LogP contribution in [0.1, 0.15) is 47.0 Å². The van der Waals surface area contributed by atoms with Gasteiger partial charge in [-0.15, -0.1) is 0 Å². The molecule has 0 aromatic heterocycles. The third kappa shape index (κ3) is 10.0. The highest BCUT2D eigenvalue weighted by Gasteiger charge is 2.00. The maximum atomic E-state index is 5.58. The minimum absolute atomic E-state index is 0.494. The topological polar surface area (TPSA) is 21.3 Å². The van der Waals surface area contributed by atoms with Crippen LogP contribution in [0.5, 0.6) is 0 Å². The lowest BCUT2D eigenvalue weighted by Crippen LogP contribution is -2.31. The first-order chi connectivity index (χ1) is 6.66. The molecule has 86 valence electrons. The smallest absolute Gasteiger partial charge is 0.0616 e. The summed E-state index contributed by atoms with van der Waals surface area (Å²) in [5.74, 6) is 0.800. The summed E-state index contributed by atoms with van der Waals surface area (Å²) >= 11 is 0. The Bertz CT molecular complexity index is 115. The Morgan fingerprint density at radius 1 is 1.21 bits per heavy atom. The molecule has 2 nitrogen and oxygen atoms in total. The van der Waals surface area contributed by atoms with Gasteiger partial charge in [0.1, 0.15) is 0 Å². The molecule has 0 aliphatic heterocycles. The van der Waals surface area contributed by atoms with Crippen LogP contribution in [0.25, 0.3) is 0 Å². The Balaban J connectivity index is 3.10. The predicted molar refractivity (Wildman–Crippen MR) is 62.6 cm³/mol. The summed E-state index contributed by atoms with van der Waals surface area (Å²) in [5, 5.41) is 3.41. The number of hydrogen-bond acceptors (Lipinski definition) is 2. The number of hydrogen-bond donors (Lipinski definition) is 1. The maximum Gasteiger partial charge on any atom is 0.0616 e. The molecule has 0 aliphatic carbocycles. The second kappa shape index (κ2) is 9.47. The van der Waals surface area contributed by atoms with Crippen LogP contribution in [-0.4, -0.2) is 25.8 Å². The molecule has 1 atom stereocenters. The van der Waals surface area contributed by atoms with Crippen LogP contribution in [0.4, 0.5) is 0 Å². The van der Waals surface area contributed by atoms with E-state index >= 15 is 0 Å². The number of rotatable bonds is 9. The molecule has 0 rings (SSSR count). The van der Waals surface area contributed by atoms with Crippen LogP contribution in [0.2, 0.25) is 0 Å². The van der Waals surface area contributed by atoms with Gasteiger partial charge in [-0.3, -0.25) is 0 Å². The molecule has 0 heterocycles. The number of ether oxygens (including phenoxy) is 1. The molecule has 1 unspecified atom stereocenters. The monoisotopic (exact) mass is 201 g/mol. The molecular weight excluding hydrogens is 174 g/mol. The highest BCUT2D eigenvalue weighted by molar-refractivity contribution is 4.57. The van der Waals surface area contributed by atoms with Gasteiger partial charge in [0.15, 0.2) is 0 Å². The fourth-order valence-electron chi connectivity index (χ4n) is 1.30. The summed E-state index contributed by atoms with van der Waals surface area (Å²) in [7, 11) is 0. The van der Waals surface area contributed by atoms with Gasteiger partial charge >= 0.3 is 0 Å². The van der Waals surface area contributed by atoms with Gasteiger partial charge in [0, 0.05) is 12.6 Å². The van der Waals surface area contributed by atoms with Crippen molar-refractivity contribution in [3.63, 3.8) is 0 Å². The van der Waals surface area contributed by atoms with Crippen LogP contribution < -0.4 is 5.32 Å². The molecule has 2 heteroatoms. The molecule has 0 spiro atoms. The van der Waals surface area contributed by atoms with Crippen LogP contribution in [0.3, 0.4) is 0 Å². The molecule has 0 saturated carbocycles. The second-order valence-electron chi connectivity index (χ2n) is 4.47. The highest BCUT2D eigenvalue weighted by atomic mass is 16.5. The molecule has 14 heavy (non-hydrogen) atoms. The molecule has 0 aliphatic rings. The average molecular weight is 201 g/mol. The molecule has 0 amide bonds. The van der Waals surface area contributed by atoms with E-state index in [9.17, 15) is 0 Å². The van der Waals surface area contributed by atoms with E-state index in [0.29, 0.717) is 6.04 Å². The van der Waals surface area contributed by atoms with E-state index in [2.05, 4.69) is 33.0 Å². The zero-order valence-corrected chi connectivity index (χ0v) is 10.3. The van der Waals surface area contributed by atoms with Gasteiger partial charge in [-0.25, -0.2) is 0 Å². The van der Waals surface area contributed by atoms with E-state index in [0.717, 1.165) is 25.7 Å². The lowest BCUT2D eigenvalue weighted by atomic mass is 10.1. The first-order valence-corrected chi connectivity index (χ1v) is 5.98. The van der Waals surface area contributed by atoms with E-state index < -0.39 is 0 Å². The Kier molecular flexibility index (Phi) is 9.42. The van der Waals surface area contributed by atoms with E-state index in [1.807, 2.05) is 0 Å². The van der Waals surface area contributed by atoms with Gasteiger partial charge in [0.05, 0.1) is 6.61 Å². The maximum absolute atomic E-state index is 5.58. The van der Waals surface area contributed by atoms with Crippen LogP contribution in [0.15, 0.2) is 0 Å². The van der Waals surface area contributed by atoms with Gasteiger partial charge in [-0.1, -0.05) is 20.8 Å². The Hall–Kier alpha value is -0.0800. The van der Waals surface area contributed by atoms with Crippen molar-refractivity contribution in [1.29, 1.82) is 0 Å². The Morgan fingerprint density at radius 2 is 1.93 bits per heavy atom. The van der Waals surface area contributed by atoms with Gasteiger partial charge in [-0.05, 0) is 38.6 Å². The van der Waals surface area contributed by atoms with Gasteiger partial charge in [-0.2, -0.15) is 0 Å². The Labute approximate surface area is 89.4 Å². The molecule has 0 saturated heterocycles. The summed E-state index contributed by atoms with van der Waals surface area (Å²) in [6.07, 6.45) is 3.66. The van der Waals surface area contributed by atoms with Crippen molar-refractivity contribution in [2.45, 2.75) is 53.0 Å². The normalized spacial score (nSPS) is 13.5. The van der Waals surface area contributed by atoms with Crippen molar-refractivity contribution in [3.8, 4) is 0 Å². The van der Waals surface area contributed by atoms with E-state index in [4.69, 9.17) is 4.74 Å². The Morgan fingerprint density at radius 3 is 2.50 bits per heavy atom. The summed E-state index contributed by atoms with van der Waals surface area (Å²) in [6, 6.07) is 0.494. The number of nitrogens with one attached hydrogen (secondary N) is 1. The lowest BCUT2D eigenvalue weighted by molar-refractivity contribution is 0.110. The molecule has 0 fully saturated rings. The molecule has 0 aromatic rings. The molecule has 1 N–H and O–H groups in total. The predicted octanol–water partition coefficient (Wildman–Crippen LogP) is 2.83. The average Bonchev–Trinajstić information content (AvgIpc) is 2.13. The van der Waals surface area contributed by atoms with Crippen molar-refractivity contribution >= 4 is 0 Å². The SMILES string of the molecule is CCCNC(C)COCCCC(C)C. The van der Waals surface area contributed by atoms with E-state index in [1.54, 1.807) is 0 Å². The first-order valence-electron chi connectivity index (χ1n) is 5.98. The largest absolute Gasteiger partial charge is 0.380 e. The molecule has 0 aromatic carbocycles. The van der Waals surface area contributed by atoms with Gasteiger partial charge in [0.25, 0.3) is 0 Å². The van der Waals surface area contributed by atoms with Crippen molar-refractivity contribution in [3.05, 3.63) is 0 Å². The summed E-state index contributed by atoms with van der Waals surface area (Å²) < 4.78 is 5.58. The standard InChI is InChI=1S/C12H27NO/c1-5-8-13-12(4)10-14-9-6-7-11(2)3/h11-13H,5-10H2,1-4H3. The zero-order valence-electron chi connectivity index (χ0n) is 10.3. The summed E-state index contributed by atoms with van der Waals surface area (Å²) in [5.41, 5.74) is 0. The molecule has 0 radical (unpaired) electrons. The zero-order chi connectivity index (χ0) is 10.8. The quantitative estimate of drug-likeness (QED) is 0.579. The molecular formula is C12H27NO. The minimum Gasteiger partial charge on any atom is -0.380 e. The van der Waals surface area contributed by atoms with Crippen molar-refractivity contribution in [2.24, 2.45) is 5.92 Å². The van der Waals surface area contributed by atoms with Crippen molar-refractivity contribution in [2.75, 3.05) is 19.8 Å². The van der Waals surface area contributed by atoms with E-state index in [-0.39, 0.29) is 0 Å².